The van der Waals surface area contributed by atoms with Crippen molar-refractivity contribution in [3.8, 4) is 34.3 Å². The lowest BCUT2D eigenvalue weighted by Gasteiger charge is -2.24. The van der Waals surface area contributed by atoms with Crippen molar-refractivity contribution in [2.75, 3.05) is 0 Å². The molecule has 0 fully saturated rings. The number of furan rings is 1. The van der Waals surface area contributed by atoms with Crippen LogP contribution in [0.4, 0.5) is 0 Å². The molecule has 4 heterocycles. The van der Waals surface area contributed by atoms with Crippen molar-refractivity contribution in [1.29, 1.82) is 5.26 Å². The smallest absolute Gasteiger partial charge is 0.163 e. The number of fused-ring (bicyclic) bond motifs is 12. The van der Waals surface area contributed by atoms with Crippen molar-refractivity contribution in [3.05, 3.63) is 197 Å². The van der Waals surface area contributed by atoms with E-state index in [2.05, 4.69) is 302 Å². The topological polar surface area (TPSA) is 51.7 Å². The number of para-hydroxylation sites is 1. The fraction of sp³-hybridized carbons (Fsp3) is 0.304. The van der Waals surface area contributed by atoms with Gasteiger partial charge in [0.05, 0.1) is 49.9 Å². The first kappa shape index (κ1) is 54.9. The maximum Gasteiger partial charge on any atom is 0.163 e. The monoisotopic (exact) mass is 1100 g/mol. The van der Waals surface area contributed by atoms with Crippen LogP contribution in [-0.2, 0) is 32.5 Å². The Hall–Kier alpha value is -8.33. The Morgan fingerprint density at radius 3 is 0.929 bits per heavy atom. The second-order valence-electron chi connectivity index (χ2n) is 30.3. The van der Waals surface area contributed by atoms with Gasteiger partial charge < -0.3 is 18.1 Å². The van der Waals surface area contributed by atoms with E-state index in [9.17, 15) is 5.26 Å². The number of hydrogen-bond donors (Lipinski definition) is 0. The van der Waals surface area contributed by atoms with E-state index in [0.29, 0.717) is 11.1 Å². The summed E-state index contributed by atoms with van der Waals surface area (Å²) in [6.07, 6.45) is 0. The van der Waals surface area contributed by atoms with Crippen LogP contribution in [0, 0.1) is 11.3 Å². The summed E-state index contributed by atoms with van der Waals surface area (Å²) in [5.41, 5.74) is 19.4. The molecule has 13 aromatic rings. The fourth-order valence-corrected chi connectivity index (χ4v) is 13.2. The second-order valence-corrected chi connectivity index (χ2v) is 30.3. The van der Waals surface area contributed by atoms with Gasteiger partial charge in [0, 0.05) is 43.3 Å². The van der Waals surface area contributed by atoms with Crippen molar-refractivity contribution in [2.45, 2.75) is 157 Å². The van der Waals surface area contributed by atoms with Crippen LogP contribution < -0.4 is 0 Å². The number of benzene rings is 9. The predicted octanol–water partition coefficient (Wildman–Crippen LogP) is 22.2. The molecule has 0 aliphatic carbocycles. The lowest BCUT2D eigenvalue weighted by atomic mass is 9.85. The minimum atomic E-state index is -0.124. The average molecular weight is 1100 g/mol. The van der Waals surface area contributed by atoms with Gasteiger partial charge in [-0.1, -0.05) is 210 Å². The summed E-state index contributed by atoms with van der Waals surface area (Å²) < 4.78 is 15.3. The van der Waals surface area contributed by atoms with Crippen molar-refractivity contribution in [1.82, 2.24) is 13.7 Å². The fourth-order valence-electron chi connectivity index (χ4n) is 13.2. The molecule has 0 amide bonds. The van der Waals surface area contributed by atoms with Crippen LogP contribution in [0.25, 0.3) is 116 Å². The highest BCUT2D eigenvalue weighted by molar-refractivity contribution is 6.22. The summed E-state index contributed by atoms with van der Waals surface area (Å²) in [5, 5.41) is 21.7. The summed E-state index contributed by atoms with van der Waals surface area (Å²) >= 11 is 0. The lowest BCUT2D eigenvalue weighted by molar-refractivity contribution is 0.590. The summed E-state index contributed by atoms with van der Waals surface area (Å²) in [5.74, 6) is 0. The molecule has 9 aromatic carbocycles. The highest BCUT2D eigenvalue weighted by Gasteiger charge is 2.35. The number of hydrogen-bond acceptors (Lipinski definition) is 2. The molecule has 0 bridgehead atoms. The van der Waals surface area contributed by atoms with Gasteiger partial charge in [-0.3, -0.25) is 0 Å². The maximum absolute atomic E-state index is 13.0. The van der Waals surface area contributed by atoms with Crippen molar-refractivity contribution in [2.24, 2.45) is 0 Å². The molecule has 0 radical (unpaired) electrons. The third-order valence-electron chi connectivity index (χ3n) is 18.2. The molecule has 0 aliphatic rings. The van der Waals surface area contributed by atoms with E-state index in [1.807, 2.05) is 0 Å². The normalized spacial score (nSPS) is 13.3. The molecule has 4 aromatic heterocycles. The Labute approximate surface area is 496 Å². The number of aromatic nitrogens is 3. The van der Waals surface area contributed by atoms with Gasteiger partial charge in [-0.2, -0.15) is 5.26 Å². The lowest BCUT2D eigenvalue weighted by Crippen LogP contribution is -2.13. The van der Waals surface area contributed by atoms with Crippen LogP contribution in [0.1, 0.15) is 164 Å². The molecule has 0 unspecified atom stereocenters. The van der Waals surface area contributed by atoms with Gasteiger partial charge in [-0.25, -0.2) is 0 Å². The Balaban J connectivity index is 1.35. The molecule has 5 nitrogen and oxygen atoms in total. The number of nitriles is 1. The predicted molar refractivity (Wildman–Crippen MR) is 359 cm³/mol. The van der Waals surface area contributed by atoms with E-state index in [1.54, 1.807) is 0 Å². The Morgan fingerprint density at radius 1 is 0.310 bits per heavy atom. The minimum Gasteiger partial charge on any atom is -0.453 e. The van der Waals surface area contributed by atoms with Crippen LogP contribution in [0.3, 0.4) is 0 Å². The molecule has 13 rings (SSSR count). The first-order chi connectivity index (χ1) is 39.4. The first-order valence-corrected chi connectivity index (χ1v) is 30.2. The zero-order valence-corrected chi connectivity index (χ0v) is 52.7. The van der Waals surface area contributed by atoms with Gasteiger partial charge in [-0.15, -0.1) is 0 Å². The molecule has 422 valence electrons. The van der Waals surface area contributed by atoms with Crippen molar-refractivity contribution < 1.29 is 4.42 Å². The SMILES string of the molecule is CC(C)(C)c1ccc2c(c1)c1cc(C(C)(C)C)ccc1n2-c1c(C#N)c(-n2c3ccc(C(C)(C)C)cc3c3cc(C(C)(C)C)ccc32)c2c(oc3c(-c4ccccc4)cccc32)c1-n1c2ccc(C(C)(C)C)cc2c2cc(C(C)(C)C)ccc21. The van der Waals surface area contributed by atoms with E-state index < -0.39 is 0 Å². The molecule has 84 heavy (non-hydrogen) atoms. The first-order valence-electron chi connectivity index (χ1n) is 30.2. The van der Waals surface area contributed by atoms with Gasteiger partial charge in [0.1, 0.15) is 22.9 Å². The molecule has 0 aliphatic heterocycles. The van der Waals surface area contributed by atoms with Crippen LogP contribution in [-0.4, -0.2) is 13.7 Å². The van der Waals surface area contributed by atoms with Gasteiger partial charge in [-0.05, 0) is 144 Å². The molecule has 0 atom stereocenters. The van der Waals surface area contributed by atoms with E-state index in [0.717, 1.165) is 110 Å². The summed E-state index contributed by atoms with van der Waals surface area (Å²) in [6, 6.07) is 62.4. The largest absolute Gasteiger partial charge is 0.453 e. The molecule has 0 saturated carbocycles. The quantitative estimate of drug-likeness (QED) is 0.176. The van der Waals surface area contributed by atoms with Crippen molar-refractivity contribution >= 4 is 87.4 Å². The second kappa shape index (κ2) is 18.3. The van der Waals surface area contributed by atoms with Crippen LogP contribution in [0.5, 0.6) is 0 Å². The molecule has 5 heteroatoms. The number of rotatable bonds is 4. The van der Waals surface area contributed by atoms with Crippen molar-refractivity contribution in [3.63, 3.8) is 0 Å². The average Bonchev–Trinajstić information content (AvgIpc) is 2.16. The molecule has 0 N–H and O–H groups in total. The minimum absolute atomic E-state index is 0.113. The van der Waals surface area contributed by atoms with E-state index >= 15 is 0 Å². The standard InChI is InChI=1S/C79H80N4O/c1-74(2,3)47-27-33-62-55(39-47)56-40-48(75(4,5)6)28-34-63(56)81(62)69-61(45-80)70(82-64-35-29-49(76(7,8)9)41-57(64)58-42-50(77(10,11)12)30-36-65(58)82)71(73-68(69)54-26-22-25-53(72(54)84-73)46-23-20-19-21-24-46)83-66-37-31-51(78(13,14)15)43-59(66)60-44-52(79(16,17)18)32-38-67(60)83/h19-44H,1-18H3. The zero-order valence-electron chi connectivity index (χ0n) is 52.7. The van der Waals surface area contributed by atoms with E-state index in [-0.39, 0.29) is 32.5 Å². The van der Waals surface area contributed by atoms with Crippen LogP contribution >= 0.6 is 0 Å². The van der Waals surface area contributed by atoms with Gasteiger partial charge in [0.15, 0.2) is 5.58 Å². The third kappa shape index (κ3) is 8.52. The summed E-state index contributed by atoms with van der Waals surface area (Å²) in [4.78, 5) is 0. The molecular formula is C79H80N4O. The van der Waals surface area contributed by atoms with Crippen LogP contribution in [0.2, 0.25) is 0 Å². The Kier molecular flexibility index (Phi) is 12.0. The maximum atomic E-state index is 13.0. The van der Waals surface area contributed by atoms with E-state index in [4.69, 9.17) is 4.42 Å². The number of nitrogens with zero attached hydrogens (tertiary/aromatic N) is 4. The van der Waals surface area contributed by atoms with Gasteiger partial charge in [0.2, 0.25) is 0 Å². The van der Waals surface area contributed by atoms with E-state index in [1.165, 1.54) is 33.4 Å². The van der Waals surface area contributed by atoms with Gasteiger partial charge >= 0.3 is 0 Å². The third-order valence-corrected chi connectivity index (χ3v) is 18.2. The molecular weight excluding hydrogens is 1020 g/mol. The summed E-state index contributed by atoms with van der Waals surface area (Å²) in [6.45, 7) is 41.3. The zero-order chi connectivity index (χ0) is 59.7. The highest BCUT2D eigenvalue weighted by atomic mass is 16.3. The highest BCUT2D eigenvalue weighted by Crippen LogP contribution is 2.52. The Bertz CT molecular complexity index is 4720. The molecule has 0 spiro atoms. The van der Waals surface area contributed by atoms with Gasteiger partial charge in [0.25, 0.3) is 0 Å². The Morgan fingerprint density at radius 2 is 0.619 bits per heavy atom. The van der Waals surface area contributed by atoms with Crippen LogP contribution in [0.15, 0.2) is 162 Å². The summed E-state index contributed by atoms with van der Waals surface area (Å²) in [7, 11) is 0. The molecule has 0 saturated heterocycles.